The molecule has 0 radical (unpaired) electrons. The Morgan fingerprint density at radius 3 is 2.48 bits per heavy atom. The molecule has 8 heteroatoms. The predicted molar refractivity (Wildman–Crippen MR) is 118 cm³/mol. The molecule has 0 unspecified atom stereocenters. The molecule has 0 bridgehead atoms. The number of carbonyl (C=O) groups is 2. The molecule has 1 N–H and O–H groups in total. The first kappa shape index (κ1) is 20.6. The Hall–Kier alpha value is -3.65. The van der Waals surface area contributed by atoms with E-state index in [4.69, 9.17) is 14.2 Å². The highest BCUT2D eigenvalue weighted by atomic mass is 79.9. The van der Waals surface area contributed by atoms with Gasteiger partial charge in [0.15, 0.2) is 11.5 Å². The van der Waals surface area contributed by atoms with Crippen LogP contribution in [0.1, 0.15) is 26.3 Å². The van der Waals surface area contributed by atoms with Crippen LogP contribution in [0.2, 0.25) is 0 Å². The van der Waals surface area contributed by atoms with Crippen molar-refractivity contribution in [3.63, 3.8) is 0 Å². The van der Waals surface area contributed by atoms with Crippen molar-refractivity contribution < 1.29 is 23.8 Å². The van der Waals surface area contributed by atoms with Crippen LogP contribution in [-0.4, -0.2) is 31.3 Å². The van der Waals surface area contributed by atoms with Crippen LogP contribution in [0.4, 0.5) is 0 Å². The van der Waals surface area contributed by atoms with Crippen molar-refractivity contribution in [2.75, 3.05) is 13.2 Å². The van der Waals surface area contributed by atoms with E-state index in [2.05, 4.69) is 26.5 Å². The second kappa shape index (κ2) is 9.44. The fourth-order valence-electron chi connectivity index (χ4n) is 2.83. The maximum atomic E-state index is 12.3. The van der Waals surface area contributed by atoms with Gasteiger partial charge in [0.2, 0.25) is 0 Å². The van der Waals surface area contributed by atoms with E-state index in [-0.39, 0.29) is 5.91 Å². The standard InChI is InChI=1S/C23H17BrN2O5/c24-19-4-2-1-3-18(19)23(28)31-17-8-5-15(6-9-17)14-25-26-22(27)16-7-10-20-21(13-16)30-12-11-29-20/h1-10,13-14H,11-12H2,(H,26,27)/b25-14-. The maximum absolute atomic E-state index is 12.3. The first-order chi connectivity index (χ1) is 15.1. The number of carbonyl (C=O) groups excluding carboxylic acids is 2. The van der Waals surface area contributed by atoms with Gasteiger partial charge in [-0.25, -0.2) is 10.2 Å². The summed E-state index contributed by atoms with van der Waals surface area (Å²) in [7, 11) is 0. The zero-order valence-corrected chi connectivity index (χ0v) is 17.8. The molecule has 1 aliphatic heterocycles. The molecular formula is C23H17BrN2O5. The molecule has 3 aromatic rings. The second-order valence-electron chi connectivity index (χ2n) is 6.50. The molecule has 0 aliphatic carbocycles. The molecule has 1 heterocycles. The number of amides is 1. The van der Waals surface area contributed by atoms with Gasteiger partial charge in [0.05, 0.1) is 11.8 Å². The summed E-state index contributed by atoms with van der Waals surface area (Å²) in [5.41, 5.74) is 4.05. The number of benzene rings is 3. The van der Waals surface area contributed by atoms with E-state index < -0.39 is 5.97 Å². The van der Waals surface area contributed by atoms with Crippen molar-refractivity contribution in [1.29, 1.82) is 0 Å². The van der Waals surface area contributed by atoms with Gasteiger partial charge in [0.25, 0.3) is 5.91 Å². The minimum absolute atomic E-state index is 0.368. The Morgan fingerprint density at radius 2 is 1.71 bits per heavy atom. The Morgan fingerprint density at radius 1 is 0.968 bits per heavy atom. The number of hydrogen-bond acceptors (Lipinski definition) is 6. The van der Waals surface area contributed by atoms with E-state index in [1.54, 1.807) is 60.7 Å². The zero-order valence-electron chi connectivity index (χ0n) is 16.2. The minimum Gasteiger partial charge on any atom is -0.486 e. The van der Waals surface area contributed by atoms with Crippen LogP contribution in [0, 0.1) is 0 Å². The normalized spacial score (nSPS) is 12.4. The molecule has 0 spiro atoms. The van der Waals surface area contributed by atoms with Crippen LogP contribution in [0.15, 0.2) is 76.3 Å². The summed E-state index contributed by atoms with van der Waals surface area (Å²) in [6, 6.07) is 18.7. The summed E-state index contributed by atoms with van der Waals surface area (Å²) in [6.45, 7) is 0.939. The fourth-order valence-corrected chi connectivity index (χ4v) is 3.27. The van der Waals surface area contributed by atoms with Crippen molar-refractivity contribution in [1.82, 2.24) is 5.43 Å². The minimum atomic E-state index is -0.458. The summed E-state index contributed by atoms with van der Waals surface area (Å²) in [5.74, 6) is 0.730. The molecule has 0 aromatic heterocycles. The maximum Gasteiger partial charge on any atom is 0.344 e. The van der Waals surface area contributed by atoms with E-state index in [9.17, 15) is 9.59 Å². The lowest BCUT2D eigenvalue weighted by Gasteiger charge is -2.18. The topological polar surface area (TPSA) is 86.2 Å². The zero-order chi connectivity index (χ0) is 21.6. The number of fused-ring (bicyclic) bond motifs is 1. The largest absolute Gasteiger partial charge is 0.486 e. The molecular weight excluding hydrogens is 464 g/mol. The molecule has 7 nitrogen and oxygen atoms in total. The van der Waals surface area contributed by atoms with Gasteiger partial charge in [-0.3, -0.25) is 4.79 Å². The van der Waals surface area contributed by atoms with E-state index in [0.29, 0.717) is 46.1 Å². The lowest BCUT2D eigenvalue weighted by atomic mass is 10.2. The van der Waals surface area contributed by atoms with Crippen molar-refractivity contribution in [3.8, 4) is 17.2 Å². The monoisotopic (exact) mass is 480 g/mol. The van der Waals surface area contributed by atoms with Gasteiger partial charge < -0.3 is 14.2 Å². The molecule has 0 fully saturated rings. The van der Waals surface area contributed by atoms with Gasteiger partial charge in [-0.1, -0.05) is 12.1 Å². The molecule has 156 valence electrons. The van der Waals surface area contributed by atoms with Gasteiger partial charge in [-0.05, 0) is 76.1 Å². The van der Waals surface area contributed by atoms with Crippen LogP contribution < -0.4 is 19.6 Å². The van der Waals surface area contributed by atoms with Gasteiger partial charge in [-0.15, -0.1) is 0 Å². The summed E-state index contributed by atoms with van der Waals surface area (Å²) in [6.07, 6.45) is 1.50. The first-order valence-electron chi connectivity index (χ1n) is 9.40. The van der Waals surface area contributed by atoms with E-state index in [1.165, 1.54) is 6.21 Å². The average Bonchev–Trinajstić information content (AvgIpc) is 2.80. The molecule has 0 saturated heterocycles. The molecule has 1 aliphatic rings. The summed E-state index contributed by atoms with van der Waals surface area (Å²) >= 11 is 3.33. The SMILES string of the molecule is O=C(N/N=C\c1ccc(OC(=O)c2ccccc2Br)cc1)c1ccc2c(c1)OCCO2. The highest BCUT2D eigenvalue weighted by Gasteiger charge is 2.15. The van der Waals surface area contributed by atoms with Crippen LogP contribution >= 0.6 is 15.9 Å². The quantitative estimate of drug-likeness (QED) is 0.256. The highest BCUT2D eigenvalue weighted by molar-refractivity contribution is 9.10. The number of hydrazone groups is 1. The number of nitrogens with zero attached hydrogens (tertiary/aromatic N) is 1. The lowest BCUT2D eigenvalue weighted by Crippen LogP contribution is -2.19. The number of ether oxygens (including phenoxy) is 3. The number of halogens is 1. The van der Waals surface area contributed by atoms with Crippen molar-refractivity contribution >= 4 is 34.0 Å². The molecule has 0 atom stereocenters. The van der Waals surface area contributed by atoms with Gasteiger partial charge in [0.1, 0.15) is 19.0 Å². The third kappa shape index (κ3) is 5.10. The van der Waals surface area contributed by atoms with Gasteiger partial charge in [-0.2, -0.15) is 5.10 Å². The van der Waals surface area contributed by atoms with Gasteiger partial charge >= 0.3 is 5.97 Å². The second-order valence-corrected chi connectivity index (χ2v) is 7.35. The third-order valence-electron chi connectivity index (χ3n) is 4.37. The Balaban J connectivity index is 1.34. The Kier molecular flexibility index (Phi) is 6.28. The Bertz CT molecular complexity index is 1140. The van der Waals surface area contributed by atoms with Crippen LogP contribution in [0.3, 0.4) is 0 Å². The molecule has 4 rings (SSSR count). The van der Waals surface area contributed by atoms with E-state index in [0.717, 1.165) is 5.56 Å². The number of hydrogen-bond donors (Lipinski definition) is 1. The van der Waals surface area contributed by atoms with E-state index >= 15 is 0 Å². The summed E-state index contributed by atoms with van der Waals surface area (Å²) in [5, 5.41) is 3.97. The van der Waals surface area contributed by atoms with Crippen LogP contribution in [-0.2, 0) is 0 Å². The number of esters is 1. The van der Waals surface area contributed by atoms with Gasteiger partial charge in [0, 0.05) is 10.0 Å². The van der Waals surface area contributed by atoms with Crippen LogP contribution in [0.5, 0.6) is 17.2 Å². The number of nitrogens with one attached hydrogen (secondary N) is 1. The van der Waals surface area contributed by atoms with Crippen LogP contribution in [0.25, 0.3) is 0 Å². The molecule has 1 amide bonds. The van der Waals surface area contributed by atoms with Crippen molar-refractivity contribution in [2.45, 2.75) is 0 Å². The van der Waals surface area contributed by atoms with Crippen molar-refractivity contribution in [3.05, 3.63) is 87.9 Å². The highest BCUT2D eigenvalue weighted by Crippen LogP contribution is 2.30. The molecule has 3 aromatic carbocycles. The molecule has 0 saturated carbocycles. The number of rotatable bonds is 5. The molecule has 31 heavy (non-hydrogen) atoms. The fraction of sp³-hybridized carbons (Fsp3) is 0.0870. The smallest absolute Gasteiger partial charge is 0.344 e. The lowest BCUT2D eigenvalue weighted by molar-refractivity contribution is 0.0733. The average molecular weight is 481 g/mol. The summed E-state index contributed by atoms with van der Waals surface area (Å²) < 4.78 is 17.0. The first-order valence-corrected chi connectivity index (χ1v) is 10.2. The Labute approximate surface area is 186 Å². The predicted octanol–water partition coefficient (Wildman–Crippen LogP) is 4.20. The summed E-state index contributed by atoms with van der Waals surface area (Å²) in [4.78, 5) is 24.5. The van der Waals surface area contributed by atoms with Crippen molar-refractivity contribution in [2.24, 2.45) is 5.10 Å². The van der Waals surface area contributed by atoms with E-state index in [1.807, 2.05) is 6.07 Å². The third-order valence-corrected chi connectivity index (χ3v) is 5.06.